The zero-order valence-corrected chi connectivity index (χ0v) is 13.8. The van der Waals surface area contributed by atoms with Crippen molar-refractivity contribution < 1.29 is 9.53 Å². The zero-order chi connectivity index (χ0) is 15.4. The molecule has 1 aliphatic heterocycles. The molecule has 0 N–H and O–H groups in total. The molecule has 0 spiro atoms. The number of hydrogen-bond donors (Lipinski definition) is 1. The van der Waals surface area contributed by atoms with Gasteiger partial charge in [0.05, 0.1) is 12.4 Å². The molecule has 1 unspecified atom stereocenters. The number of ether oxygens (including phenoxy) is 1. The number of methoxy groups -OCH3 is 1. The Labute approximate surface area is 132 Å². The summed E-state index contributed by atoms with van der Waals surface area (Å²) in [6.07, 6.45) is 0. The second-order valence-electron chi connectivity index (χ2n) is 5.70. The highest BCUT2D eigenvalue weighted by Crippen LogP contribution is 2.21. The van der Waals surface area contributed by atoms with E-state index in [4.69, 9.17) is 4.74 Å². The molecule has 21 heavy (non-hydrogen) atoms. The third-order valence-corrected chi connectivity index (χ3v) is 4.73. The average molecular weight is 308 g/mol. The van der Waals surface area contributed by atoms with Gasteiger partial charge in [-0.2, -0.15) is 12.6 Å². The van der Waals surface area contributed by atoms with Gasteiger partial charge in [0.15, 0.2) is 0 Å². The minimum Gasteiger partial charge on any atom is -0.497 e. The van der Waals surface area contributed by atoms with Crippen molar-refractivity contribution in [3.63, 3.8) is 0 Å². The van der Waals surface area contributed by atoms with Gasteiger partial charge in [0.25, 0.3) is 0 Å². The highest BCUT2D eigenvalue weighted by Gasteiger charge is 2.27. The summed E-state index contributed by atoms with van der Waals surface area (Å²) in [5.74, 6) is 1.28. The van der Waals surface area contributed by atoms with Crippen molar-refractivity contribution in [1.82, 2.24) is 4.90 Å². The van der Waals surface area contributed by atoms with E-state index in [-0.39, 0.29) is 17.1 Å². The molecule has 1 saturated heterocycles. The number of rotatable bonds is 4. The third-order valence-electron chi connectivity index (χ3n) is 3.91. The Morgan fingerprint density at radius 3 is 2.19 bits per heavy atom. The molecule has 0 aromatic heterocycles. The summed E-state index contributed by atoms with van der Waals surface area (Å²) < 4.78 is 5.17. The van der Waals surface area contributed by atoms with Crippen LogP contribution in [0.5, 0.6) is 5.75 Å². The van der Waals surface area contributed by atoms with Gasteiger partial charge >= 0.3 is 0 Å². The lowest BCUT2D eigenvalue weighted by Gasteiger charge is -2.37. The summed E-state index contributed by atoms with van der Waals surface area (Å²) in [5, 5.41) is -0.197. The Balaban J connectivity index is 1.92. The van der Waals surface area contributed by atoms with E-state index in [0.717, 1.165) is 31.9 Å². The van der Waals surface area contributed by atoms with Crippen LogP contribution in [0.25, 0.3) is 0 Å². The van der Waals surface area contributed by atoms with Crippen LogP contribution < -0.4 is 9.64 Å². The van der Waals surface area contributed by atoms with Crippen molar-refractivity contribution in [2.45, 2.75) is 19.1 Å². The maximum atomic E-state index is 12.3. The van der Waals surface area contributed by atoms with E-state index in [2.05, 4.69) is 29.7 Å². The van der Waals surface area contributed by atoms with Crippen LogP contribution in [0.2, 0.25) is 0 Å². The largest absolute Gasteiger partial charge is 0.497 e. The van der Waals surface area contributed by atoms with Crippen LogP contribution >= 0.6 is 12.6 Å². The number of carbonyl (C=O) groups is 1. The van der Waals surface area contributed by atoms with Gasteiger partial charge in [0.2, 0.25) is 5.91 Å². The monoisotopic (exact) mass is 308 g/mol. The molecular weight excluding hydrogens is 284 g/mol. The molecule has 4 nitrogen and oxygen atoms in total. The summed E-state index contributed by atoms with van der Waals surface area (Å²) in [6, 6.07) is 8.06. The van der Waals surface area contributed by atoms with Gasteiger partial charge in [-0.15, -0.1) is 0 Å². The van der Waals surface area contributed by atoms with Crippen LogP contribution in [0.15, 0.2) is 24.3 Å². The summed E-state index contributed by atoms with van der Waals surface area (Å²) in [7, 11) is 1.67. The first-order chi connectivity index (χ1) is 10.0. The normalized spacial score (nSPS) is 17.0. The Bertz CT molecular complexity index is 468. The fraction of sp³-hybridized carbons (Fsp3) is 0.562. The fourth-order valence-electron chi connectivity index (χ4n) is 2.45. The summed E-state index contributed by atoms with van der Waals surface area (Å²) in [4.78, 5) is 16.5. The van der Waals surface area contributed by atoms with Gasteiger partial charge in [-0.25, -0.2) is 0 Å². The number of carbonyl (C=O) groups excluding carboxylic acids is 1. The van der Waals surface area contributed by atoms with E-state index < -0.39 is 0 Å². The predicted molar refractivity (Wildman–Crippen MR) is 89.4 cm³/mol. The van der Waals surface area contributed by atoms with E-state index in [1.54, 1.807) is 7.11 Å². The van der Waals surface area contributed by atoms with Crippen LogP contribution in [-0.4, -0.2) is 49.3 Å². The second-order valence-corrected chi connectivity index (χ2v) is 6.26. The molecule has 1 heterocycles. The fourth-order valence-corrected chi connectivity index (χ4v) is 2.61. The topological polar surface area (TPSA) is 32.8 Å². The Morgan fingerprint density at radius 2 is 1.71 bits per heavy atom. The van der Waals surface area contributed by atoms with E-state index in [1.807, 2.05) is 30.9 Å². The maximum absolute atomic E-state index is 12.3. The molecule has 116 valence electrons. The van der Waals surface area contributed by atoms with E-state index in [1.165, 1.54) is 5.69 Å². The van der Waals surface area contributed by atoms with Crippen molar-refractivity contribution in [3.8, 4) is 5.75 Å². The van der Waals surface area contributed by atoms with Crippen LogP contribution in [0.4, 0.5) is 5.69 Å². The molecule has 0 aliphatic carbocycles. The standard InChI is InChI=1S/C16H24N2O2S/c1-12(2)15(21)16(19)18-10-8-17(9-11-18)13-4-6-14(20-3)7-5-13/h4-7,12,15,21H,8-11H2,1-3H3. The zero-order valence-electron chi connectivity index (χ0n) is 13.0. The summed E-state index contributed by atoms with van der Waals surface area (Å²) in [5.41, 5.74) is 1.18. The van der Waals surface area contributed by atoms with Crippen molar-refractivity contribution in [2.75, 3.05) is 38.2 Å². The number of hydrogen-bond acceptors (Lipinski definition) is 4. The molecule has 0 bridgehead atoms. The van der Waals surface area contributed by atoms with Crippen LogP contribution in [0, 0.1) is 5.92 Å². The van der Waals surface area contributed by atoms with Gasteiger partial charge in [0, 0.05) is 31.9 Å². The van der Waals surface area contributed by atoms with Gasteiger partial charge in [-0.05, 0) is 30.2 Å². The van der Waals surface area contributed by atoms with Crippen LogP contribution in [0.3, 0.4) is 0 Å². The first-order valence-corrected chi connectivity index (χ1v) is 7.90. The second kappa shape index (κ2) is 7.07. The molecule has 5 heteroatoms. The Kier molecular flexibility index (Phi) is 5.39. The highest BCUT2D eigenvalue weighted by atomic mass is 32.1. The number of anilines is 1. The van der Waals surface area contributed by atoms with Gasteiger partial charge in [-0.3, -0.25) is 4.79 Å². The van der Waals surface area contributed by atoms with Crippen LogP contribution in [-0.2, 0) is 4.79 Å². The molecule has 1 fully saturated rings. The molecule has 0 saturated carbocycles. The van der Waals surface area contributed by atoms with E-state index >= 15 is 0 Å². The van der Waals surface area contributed by atoms with Crippen molar-refractivity contribution in [1.29, 1.82) is 0 Å². The molecule has 2 rings (SSSR count). The van der Waals surface area contributed by atoms with E-state index in [9.17, 15) is 4.79 Å². The minimum absolute atomic E-state index is 0.155. The summed E-state index contributed by atoms with van der Waals surface area (Å²) >= 11 is 4.43. The van der Waals surface area contributed by atoms with Crippen molar-refractivity contribution in [3.05, 3.63) is 24.3 Å². The minimum atomic E-state index is -0.197. The molecule has 1 aromatic rings. The molecular formula is C16H24N2O2S. The lowest BCUT2D eigenvalue weighted by Crippen LogP contribution is -2.51. The SMILES string of the molecule is COc1ccc(N2CCN(C(=O)C(S)C(C)C)CC2)cc1. The number of nitrogens with zero attached hydrogens (tertiary/aromatic N) is 2. The quantitative estimate of drug-likeness (QED) is 0.867. The lowest BCUT2D eigenvalue weighted by molar-refractivity contribution is -0.131. The molecule has 1 atom stereocenters. The van der Waals surface area contributed by atoms with Crippen molar-refractivity contribution >= 4 is 24.2 Å². The Hall–Kier alpha value is -1.36. The molecule has 1 aliphatic rings. The molecule has 1 aromatic carbocycles. The summed E-state index contributed by atoms with van der Waals surface area (Å²) in [6.45, 7) is 7.29. The lowest BCUT2D eigenvalue weighted by atomic mass is 10.1. The first-order valence-electron chi connectivity index (χ1n) is 7.38. The predicted octanol–water partition coefficient (Wildman–Crippen LogP) is 2.30. The number of thiol groups is 1. The number of benzene rings is 1. The van der Waals surface area contributed by atoms with Gasteiger partial charge < -0.3 is 14.5 Å². The first kappa shape index (κ1) is 16.0. The van der Waals surface area contributed by atoms with Gasteiger partial charge in [-0.1, -0.05) is 13.8 Å². The van der Waals surface area contributed by atoms with Gasteiger partial charge in [0.1, 0.15) is 5.75 Å². The Morgan fingerprint density at radius 1 is 1.14 bits per heavy atom. The van der Waals surface area contributed by atoms with Crippen LogP contribution in [0.1, 0.15) is 13.8 Å². The number of amides is 1. The maximum Gasteiger partial charge on any atom is 0.235 e. The molecule has 0 radical (unpaired) electrons. The number of piperazine rings is 1. The third kappa shape index (κ3) is 3.84. The smallest absolute Gasteiger partial charge is 0.235 e. The van der Waals surface area contributed by atoms with E-state index in [0.29, 0.717) is 0 Å². The molecule has 1 amide bonds. The highest BCUT2D eigenvalue weighted by molar-refractivity contribution is 7.81. The van der Waals surface area contributed by atoms with Crippen molar-refractivity contribution in [2.24, 2.45) is 5.92 Å². The average Bonchev–Trinajstić information content (AvgIpc) is 2.53.